The van der Waals surface area contributed by atoms with Crippen LogP contribution in [-0.2, 0) is 11.6 Å². The molecule has 0 N–H and O–H groups in total. The van der Waals surface area contributed by atoms with E-state index in [1.165, 1.54) is 0 Å². The Labute approximate surface area is 148 Å². The van der Waals surface area contributed by atoms with Gasteiger partial charge in [0.15, 0.2) is 5.54 Å². The van der Waals surface area contributed by atoms with Gasteiger partial charge in [0.1, 0.15) is 17.0 Å². The van der Waals surface area contributed by atoms with Crippen molar-refractivity contribution in [3.8, 4) is 11.5 Å². The summed E-state index contributed by atoms with van der Waals surface area (Å²) in [5.74, 6) is 1.72. The molecule has 0 bridgehead atoms. The van der Waals surface area contributed by atoms with Gasteiger partial charge in [0, 0.05) is 5.21 Å². The first-order valence-electron chi connectivity index (χ1n) is 8.36. The maximum Gasteiger partial charge on any atom is 0.289 e. The number of hydroxylamine groups is 3. The second kappa shape index (κ2) is 6.08. The fourth-order valence-electron chi connectivity index (χ4n) is 2.85. The molecular formula is C20H23N2O3. The van der Waals surface area contributed by atoms with Crippen LogP contribution < -0.4 is 4.74 Å². The molecular weight excluding hydrogens is 316 g/mol. The molecule has 25 heavy (non-hydrogen) atoms. The number of nitrogens with zero attached hydrogens (tertiary/aromatic N) is 2. The maximum atomic E-state index is 12.6. The molecule has 0 fully saturated rings. The number of amidine groups is 1. The lowest BCUT2D eigenvalue weighted by Gasteiger charge is -2.32. The van der Waals surface area contributed by atoms with E-state index < -0.39 is 11.1 Å². The molecule has 0 amide bonds. The van der Waals surface area contributed by atoms with Crippen LogP contribution in [0.3, 0.4) is 0 Å². The van der Waals surface area contributed by atoms with Gasteiger partial charge in [0.05, 0.1) is 6.42 Å². The molecule has 0 atom stereocenters. The first kappa shape index (κ1) is 17.3. The van der Waals surface area contributed by atoms with Gasteiger partial charge in [-0.2, -0.15) is 0 Å². The van der Waals surface area contributed by atoms with Crippen molar-refractivity contribution in [1.82, 2.24) is 5.06 Å². The summed E-state index contributed by atoms with van der Waals surface area (Å²) in [7, 11) is 0. The van der Waals surface area contributed by atoms with Crippen molar-refractivity contribution in [2.24, 2.45) is 0 Å². The van der Waals surface area contributed by atoms with Crippen LogP contribution in [0.15, 0.2) is 54.6 Å². The van der Waals surface area contributed by atoms with Crippen molar-refractivity contribution in [3.05, 3.63) is 65.4 Å². The van der Waals surface area contributed by atoms with E-state index in [4.69, 9.17) is 4.74 Å². The average molecular weight is 339 g/mol. The summed E-state index contributed by atoms with van der Waals surface area (Å²) in [6.45, 7) is 7.20. The number of para-hydroxylation sites is 1. The summed E-state index contributed by atoms with van der Waals surface area (Å²) in [4.78, 5) is 0. The molecule has 0 spiro atoms. The Morgan fingerprint density at radius 3 is 2.04 bits per heavy atom. The van der Waals surface area contributed by atoms with E-state index in [1.54, 1.807) is 27.7 Å². The fourth-order valence-corrected chi connectivity index (χ4v) is 2.85. The number of benzene rings is 2. The number of ether oxygens (including phenoxy) is 1. The lowest BCUT2D eigenvalue weighted by molar-refractivity contribution is -0.540. The molecule has 1 aliphatic heterocycles. The summed E-state index contributed by atoms with van der Waals surface area (Å²) in [6.07, 6.45) is 0.297. The maximum absolute atomic E-state index is 12.6. The van der Waals surface area contributed by atoms with Crippen LogP contribution in [0.25, 0.3) is 0 Å². The Balaban J connectivity index is 1.77. The molecule has 0 aromatic heterocycles. The smallest absolute Gasteiger partial charge is 0.289 e. The van der Waals surface area contributed by atoms with Gasteiger partial charge in [0.2, 0.25) is 0 Å². The lowest BCUT2D eigenvalue weighted by Crippen LogP contribution is -2.53. The minimum absolute atomic E-state index is 0.242. The van der Waals surface area contributed by atoms with Gasteiger partial charge < -0.3 is 9.94 Å². The molecule has 2 aromatic carbocycles. The Bertz CT molecular complexity index is 780. The van der Waals surface area contributed by atoms with Gasteiger partial charge in [0.25, 0.3) is 5.84 Å². The van der Waals surface area contributed by atoms with Crippen molar-refractivity contribution < 1.29 is 14.7 Å². The normalized spacial score (nSPS) is 18.5. The van der Waals surface area contributed by atoms with E-state index in [0.717, 1.165) is 21.1 Å². The van der Waals surface area contributed by atoms with Crippen LogP contribution in [-0.4, -0.2) is 26.7 Å². The lowest BCUT2D eigenvalue weighted by atomic mass is 9.84. The summed E-state index contributed by atoms with van der Waals surface area (Å²) >= 11 is 0. The topological polar surface area (TPSA) is 58.4 Å². The first-order valence-corrected chi connectivity index (χ1v) is 8.36. The van der Waals surface area contributed by atoms with E-state index >= 15 is 0 Å². The average Bonchev–Trinajstić information content (AvgIpc) is 2.70. The van der Waals surface area contributed by atoms with Crippen molar-refractivity contribution in [3.63, 3.8) is 0 Å². The molecule has 0 saturated carbocycles. The summed E-state index contributed by atoms with van der Waals surface area (Å²) in [6, 6.07) is 17.0. The summed E-state index contributed by atoms with van der Waals surface area (Å²) < 4.78 is 6.62. The van der Waals surface area contributed by atoms with Crippen LogP contribution in [0, 0.1) is 5.21 Å². The van der Waals surface area contributed by atoms with E-state index in [2.05, 4.69) is 0 Å². The molecule has 2 aromatic rings. The van der Waals surface area contributed by atoms with E-state index in [0.29, 0.717) is 12.2 Å². The fraction of sp³-hybridized carbons (Fsp3) is 0.350. The monoisotopic (exact) mass is 339 g/mol. The molecule has 0 aliphatic carbocycles. The Kier molecular flexibility index (Phi) is 4.21. The van der Waals surface area contributed by atoms with Crippen molar-refractivity contribution in [1.29, 1.82) is 0 Å². The molecule has 0 saturated heterocycles. The van der Waals surface area contributed by atoms with Gasteiger partial charge in [-0.25, -0.2) is 0 Å². The third-order valence-electron chi connectivity index (χ3n) is 5.25. The Hall–Kier alpha value is -2.53. The van der Waals surface area contributed by atoms with Crippen LogP contribution in [0.5, 0.6) is 11.5 Å². The minimum Gasteiger partial charge on any atom is -0.715 e. The highest BCUT2D eigenvalue weighted by atomic mass is 16.5. The van der Waals surface area contributed by atoms with Gasteiger partial charge >= 0.3 is 0 Å². The number of hydrogen-bond donors (Lipinski definition) is 0. The van der Waals surface area contributed by atoms with Crippen LogP contribution in [0.4, 0.5) is 0 Å². The van der Waals surface area contributed by atoms with E-state index in [-0.39, 0.29) is 5.84 Å². The highest BCUT2D eigenvalue weighted by Crippen LogP contribution is 2.36. The second-order valence-electron chi connectivity index (χ2n) is 7.36. The largest absolute Gasteiger partial charge is 0.715 e. The van der Waals surface area contributed by atoms with Gasteiger partial charge in [-0.15, -0.1) is 0 Å². The van der Waals surface area contributed by atoms with Crippen LogP contribution >= 0.6 is 0 Å². The van der Waals surface area contributed by atoms with Gasteiger partial charge in [-0.3, -0.25) is 4.74 Å². The second-order valence-corrected chi connectivity index (χ2v) is 7.36. The van der Waals surface area contributed by atoms with Gasteiger partial charge in [-0.1, -0.05) is 35.4 Å². The highest BCUT2D eigenvalue weighted by Gasteiger charge is 2.59. The third kappa shape index (κ3) is 2.96. The molecule has 5 heteroatoms. The Morgan fingerprint density at radius 1 is 0.960 bits per heavy atom. The van der Waals surface area contributed by atoms with Crippen molar-refractivity contribution in [2.45, 2.75) is 45.2 Å². The molecule has 5 nitrogen and oxygen atoms in total. The standard InChI is InChI=1S/C20H23N2O3/c1-19(2)20(3,4)22(24)18(21(19)23)14-15-10-12-17(13-11-15)25-16-8-6-5-7-9-16/h5-13H,14H2,1-4H3. The van der Waals surface area contributed by atoms with Gasteiger partial charge in [-0.05, 0) is 57.5 Å². The first-order chi connectivity index (χ1) is 11.7. The van der Waals surface area contributed by atoms with Crippen molar-refractivity contribution >= 4 is 5.84 Å². The molecule has 1 aliphatic rings. The molecule has 3 rings (SSSR count). The number of hydrogen-bond acceptors (Lipinski definition) is 3. The van der Waals surface area contributed by atoms with Crippen LogP contribution in [0.1, 0.15) is 33.3 Å². The third-order valence-corrected chi connectivity index (χ3v) is 5.25. The zero-order chi connectivity index (χ0) is 18.2. The van der Waals surface area contributed by atoms with E-state index in [9.17, 15) is 10.4 Å². The molecule has 131 valence electrons. The molecule has 1 radical (unpaired) electrons. The summed E-state index contributed by atoms with van der Waals surface area (Å²) in [5, 5.41) is 26.0. The minimum atomic E-state index is -0.777. The predicted octanol–water partition coefficient (Wildman–Crippen LogP) is 4.15. The zero-order valence-electron chi connectivity index (χ0n) is 15.0. The van der Waals surface area contributed by atoms with E-state index in [1.807, 2.05) is 54.6 Å². The SMILES string of the molecule is CC1(C)N([O])C(Cc2ccc(Oc3ccccc3)cc2)=[N+]([O-])C1(C)C. The number of rotatable bonds is 4. The predicted molar refractivity (Wildman–Crippen MR) is 96.0 cm³/mol. The zero-order valence-corrected chi connectivity index (χ0v) is 15.0. The molecule has 0 unspecified atom stereocenters. The summed E-state index contributed by atoms with van der Waals surface area (Å²) in [5.41, 5.74) is -0.661. The quantitative estimate of drug-likeness (QED) is 0.621. The van der Waals surface area contributed by atoms with Crippen LogP contribution in [0.2, 0.25) is 0 Å². The molecule has 1 heterocycles. The van der Waals surface area contributed by atoms with Crippen molar-refractivity contribution in [2.75, 3.05) is 0 Å². The Morgan fingerprint density at radius 2 is 1.52 bits per heavy atom. The highest BCUT2D eigenvalue weighted by molar-refractivity contribution is 5.81.